The summed E-state index contributed by atoms with van der Waals surface area (Å²) in [7, 11) is 0. The van der Waals surface area contributed by atoms with Gasteiger partial charge in [0.05, 0.1) is 0 Å². The number of hydrogen-bond acceptors (Lipinski definition) is 3. The Morgan fingerprint density at radius 3 is 1.82 bits per heavy atom. The molecule has 0 amide bonds. The normalized spacial score (nSPS) is 11.9. The van der Waals surface area contributed by atoms with Gasteiger partial charge in [-0.2, -0.15) is 0 Å². The lowest BCUT2D eigenvalue weighted by atomic mass is 9.91. The molecule has 1 aliphatic carbocycles. The first kappa shape index (κ1) is 25.6. The number of fused-ring (bicyclic) bond motifs is 5. The van der Waals surface area contributed by atoms with Crippen LogP contribution in [0, 0.1) is 0 Å². The molecule has 0 radical (unpaired) electrons. The minimum absolute atomic E-state index is 0.663. The van der Waals surface area contributed by atoms with Crippen LogP contribution in [0.1, 0.15) is 11.1 Å². The molecule has 210 valence electrons. The van der Waals surface area contributed by atoms with Crippen LogP contribution in [0.15, 0.2) is 152 Å². The number of aromatic nitrogens is 3. The summed E-state index contributed by atoms with van der Waals surface area (Å²) >= 11 is 0. The predicted octanol–water partition coefficient (Wildman–Crippen LogP) is 10.4. The van der Waals surface area contributed by atoms with Crippen molar-refractivity contribution in [2.45, 2.75) is 6.42 Å². The Labute approximate surface area is 261 Å². The van der Waals surface area contributed by atoms with Crippen LogP contribution < -0.4 is 0 Å². The highest BCUT2D eigenvalue weighted by Crippen LogP contribution is 2.41. The minimum atomic E-state index is 0.663. The molecule has 0 bridgehead atoms. The van der Waals surface area contributed by atoms with E-state index < -0.39 is 0 Å². The summed E-state index contributed by atoms with van der Waals surface area (Å²) in [5.74, 6) is 2.00. The van der Waals surface area contributed by atoms with Crippen LogP contribution >= 0.6 is 0 Å². The van der Waals surface area contributed by atoms with Crippen molar-refractivity contribution in [1.82, 2.24) is 15.0 Å². The monoisotopic (exact) mass is 573 g/mol. The zero-order valence-corrected chi connectivity index (χ0v) is 24.5. The van der Waals surface area contributed by atoms with Crippen LogP contribution in [0.3, 0.4) is 0 Å². The Morgan fingerprint density at radius 2 is 0.956 bits per heavy atom. The maximum Gasteiger partial charge on any atom is 0.164 e. The topological polar surface area (TPSA) is 38.7 Å². The summed E-state index contributed by atoms with van der Waals surface area (Å²) in [5, 5.41) is 4.73. The summed E-state index contributed by atoms with van der Waals surface area (Å²) in [6.45, 7) is 0. The van der Waals surface area contributed by atoms with Crippen molar-refractivity contribution >= 4 is 21.5 Å². The molecule has 7 aromatic carbocycles. The third-order valence-corrected chi connectivity index (χ3v) is 8.95. The first-order chi connectivity index (χ1) is 22.3. The molecule has 1 heterocycles. The molecular formula is C42H27N3. The average Bonchev–Trinajstić information content (AvgIpc) is 3.49. The molecule has 0 unspecified atom stereocenters. The third-order valence-electron chi connectivity index (χ3n) is 8.95. The van der Waals surface area contributed by atoms with E-state index in [4.69, 9.17) is 15.0 Å². The van der Waals surface area contributed by atoms with E-state index in [2.05, 4.69) is 133 Å². The Balaban J connectivity index is 1.29. The first-order valence-corrected chi connectivity index (χ1v) is 15.3. The predicted molar refractivity (Wildman–Crippen MR) is 185 cm³/mol. The maximum absolute atomic E-state index is 5.21. The smallest absolute Gasteiger partial charge is 0.164 e. The minimum Gasteiger partial charge on any atom is -0.208 e. The van der Waals surface area contributed by atoms with Crippen LogP contribution in [-0.4, -0.2) is 15.0 Å². The molecule has 8 aromatic rings. The summed E-state index contributed by atoms with van der Waals surface area (Å²) in [5.41, 5.74) is 10.6. The van der Waals surface area contributed by atoms with Crippen LogP contribution in [0.2, 0.25) is 0 Å². The summed E-state index contributed by atoms with van der Waals surface area (Å²) in [6.07, 6.45) is 0.955. The molecule has 3 heteroatoms. The molecule has 0 saturated heterocycles. The van der Waals surface area contributed by atoms with Crippen LogP contribution in [0.5, 0.6) is 0 Å². The van der Waals surface area contributed by atoms with E-state index in [9.17, 15) is 0 Å². The van der Waals surface area contributed by atoms with Crippen molar-refractivity contribution in [3.63, 3.8) is 0 Å². The van der Waals surface area contributed by atoms with E-state index in [0.717, 1.165) is 39.4 Å². The van der Waals surface area contributed by atoms with Crippen LogP contribution in [0.25, 0.3) is 78.0 Å². The standard InChI is InChI=1S/C42H27N3/c1-2-12-29(13-3-1)40-43-41(32-24-23-31-25-30-14-5-7-19-34(30)38(31)26-32)45-42(44-40)37-22-10-17-28-16-9-21-36(39(28)37)35-20-8-15-27-11-4-6-18-33(27)35/h1-24,26H,25H2. The van der Waals surface area contributed by atoms with Crippen molar-refractivity contribution < 1.29 is 0 Å². The molecule has 1 aliphatic rings. The summed E-state index contributed by atoms with van der Waals surface area (Å²) in [6, 6.07) is 53.5. The quantitative estimate of drug-likeness (QED) is 0.210. The number of rotatable bonds is 4. The first-order valence-electron chi connectivity index (χ1n) is 15.3. The molecule has 0 spiro atoms. The lowest BCUT2D eigenvalue weighted by molar-refractivity contribution is 1.08. The van der Waals surface area contributed by atoms with Crippen LogP contribution in [-0.2, 0) is 6.42 Å². The van der Waals surface area contributed by atoms with E-state index in [0.29, 0.717) is 17.5 Å². The van der Waals surface area contributed by atoms with Gasteiger partial charge in [-0.05, 0) is 62.0 Å². The highest BCUT2D eigenvalue weighted by molar-refractivity contribution is 6.10. The highest BCUT2D eigenvalue weighted by Gasteiger charge is 2.21. The van der Waals surface area contributed by atoms with Gasteiger partial charge in [-0.3, -0.25) is 0 Å². The van der Waals surface area contributed by atoms with Gasteiger partial charge in [-0.1, -0.05) is 146 Å². The summed E-state index contributed by atoms with van der Waals surface area (Å²) in [4.78, 5) is 15.4. The van der Waals surface area contributed by atoms with E-state index in [1.54, 1.807) is 0 Å². The van der Waals surface area contributed by atoms with E-state index in [-0.39, 0.29) is 0 Å². The van der Waals surface area contributed by atoms with Crippen LogP contribution in [0.4, 0.5) is 0 Å². The van der Waals surface area contributed by atoms with Gasteiger partial charge in [0.25, 0.3) is 0 Å². The van der Waals surface area contributed by atoms with E-state index in [1.165, 1.54) is 38.6 Å². The lowest BCUT2D eigenvalue weighted by Crippen LogP contribution is -2.01. The molecule has 45 heavy (non-hydrogen) atoms. The van der Waals surface area contributed by atoms with Gasteiger partial charge in [0.1, 0.15) is 0 Å². The Kier molecular flexibility index (Phi) is 5.88. The van der Waals surface area contributed by atoms with Crippen molar-refractivity contribution in [3.05, 3.63) is 163 Å². The third kappa shape index (κ3) is 4.32. The second-order valence-corrected chi connectivity index (χ2v) is 11.6. The van der Waals surface area contributed by atoms with Gasteiger partial charge in [0.15, 0.2) is 17.5 Å². The average molecular weight is 574 g/mol. The molecule has 0 fully saturated rings. The molecule has 0 N–H and O–H groups in total. The van der Waals surface area contributed by atoms with Crippen molar-refractivity contribution in [3.8, 4) is 56.4 Å². The molecule has 1 aromatic heterocycles. The molecular weight excluding hydrogens is 546 g/mol. The Bertz CT molecular complexity index is 2400. The fourth-order valence-electron chi connectivity index (χ4n) is 6.82. The molecule has 3 nitrogen and oxygen atoms in total. The van der Waals surface area contributed by atoms with Gasteiger partial charge < -0.3 is 0 Å². The fraction of sp³-hybridized carbons (Fsp3) is 0.0238. The number of nitrogens with zero attached hydrogens (tertiary/aromatic N) is 3. The second kappa shape index (κ2) is 10.4. The van der Waals surface area contributed by atoms with Crippen molar-refractivity contribution in [2.24, 2.45) is 0 Å². The molecule has 9 rings (SSSR count). The van der Waals surface area contributed by atoms with E-state index >= 15 is 0 Å². The zero-order chi connectivity index (χ0) is 29.7. The largest absolute Gasteiger partial charge is 0.208 e. The molecule has 0 saturated carbocycles. The van der Waals surface area contributed by atoms with Gasteiger partial charge >= 0.3 is 0 Å². The lowest BCUT2D eigenvalue weighted by Gasteiger charge is -2.15. The fourth-order valence-corrected chi connectivity index (χ4v) is 6.82. The zero-order valence-electron chi connectivity index (χ0n) is 24.5. The van der Waals surface area contributed by atoms with E-state index in [1.807, 2.05) is 18.2 Å². The van der Waals surface area contributed by atoms with Gasteiger partial charge in [0, 0.05) is 22.1 Å². The Morgan fingerprint density at radius 1 is 0.356 bits per heavy atom. The van der Waals surface area contributed by atoms with Crippen molar-refractivity contribution in [1.29, 1.82) is 0 Å². The number of benzene rings is 7. The Hall–Kier alpha value is -5.93. The summed E-state index contributed by atoms with van der Waals surface area (Å²) < 4.78 is 0. The van der Waals surface area contributed by atoms with Crippen molar-refractivity contribution in [2.75, 3.05) is 0 Å². The highest BCUT2D eigenvalue weighted by atomic mass is 15.0. The molecule has 0 atom stereocenters. The SMILES string of the molecule is c1ccc(-c2nc(-c3ccc4c(c3)-c3ccccc3C4)nc(-c3cccc4cccc(-c5cccc6ccccc56)c34)n2)cc1. The second-order valence-electron chi connectivity index (χ2n) is 11.6. The maximum atomic E-state index is 5.21. The van der Waals surface area contributed by atoms with Gasteiger partial charge in [-0.25, -0.2) is 15.0 Å². The van der Waals surface area contributed by atoms with Gasteiger partial charge in [-0.15, -0.1) is 0 Å². The molecule has 0 aliphatic heterocycles. The van der Waals surface area contributed by atoms with Gasteiger partial charge in [0.2, 0.25) is 0 Å². The number of hydrogen-bond donors (Lipinski definition) is 0.